The first-order chi connectivity index (χ1) is 15.3. The van der Waals surface area contributed by atoms with Crippen molar-refractivity contribution in [1.82, 2.24) is 4.90 Å². The summed E-state index contributed by atoms with van der Waals surface area (Å²) in [7, 11) is 2.98. The number of carbonyl (C=O) groups excluding carboxylic acids is 1. The molecule has 0 unspecified atom stereocenters. The van der Waals surface area contributed by atoms with Gasteiger partial charge in [0.1, 0.15) is 29.7 Å². The average molecular weight is 451 g/mol. The van der Waals surface area contributed by atoms with Crippen molar-refractivity contribution in [2.75, 3.05) is 40.5 Å². The zero-order valence-electron chi connectivity index (χ0n) is 18.3. The smallest absolute Gasteiger partial charge is 0.329 e. The van der Waals surface area contributed by atoms with Gasteiger partial charge in [-0.1, -0.05) is 6.07 Å². The highest BCUT2D eigenvalue weighted by Crippen LogP contribution is 2.30. The number of halogens is 2. The van der Waals surface area contributed by atoms with Gasteiger partial charge in [0.05, 0.1) is 20.8 Å². The summed E-state index contributed by atoms with van der Waals surface area (Å²) in [4.78, 5) is 25.3. The molecule has 2 rings (SSSR count). The maximum absolute atomic E-state index is 13.9. The van der Waals surface area contributed by atoms with E-state index in [-0.39, 0.29) is 25.6 Å². The first-order valence-corrected chi connectivity index (χ1v) is 10.0. The van der Waals surface area contributed by atoms with Gasteiger partial charge in [-0.2, -0.15) is 0 Å². The van der Waals surface area contributed by atoms with Crippen molar-refractivity contribution < 1.29 is 37.7 Å². The van der Waals surface area contributed by atoms with Crippen LogP contribution in [0.25, 0.3) is 0 Å². The van der Waals surface area contributed by atoms with Gasteiger partial charge in [0.15, 0.2) is 0 Å². The fourth-order valence-electron chi connectivity index (χ4n) is 3.23. The Hall–Kier alpha value is -3.20. The van der Waals surface area contributed by atoms with E-state index in [1.165, 1.54) is 31.3 Å². The zero-order valence-corrected chi connectivity index (χ0v) is 18.3. The molecule has 0 aliphatic carbocycles. The van der Waals surface area contributed by atoms with Crippen molar-refractivity contribution in [2.45, 2.75) is 19.8 Å². The van der Waals surface area contributed by atoms with Crippen LogP contribution in [-0.2, 0) is 16.0 Å². The molecular formula is C23H27F2NO6. The fraction of sp³-hybridized carbons (Fsp3) is 0.391. The molecule has 0 saturated carbocycles. The van der Waals surface area contributed by atoms with E-state index in [0.29, 0.717) is 35.5 Å². The van der Waals surface area contributed by atoms with Crippen LogP contribution in [-0.4, -0.2) is 62.4 Å². The molecule has 0 aromatic heterocycles. The molecule has 0 saturated heterocycles. The zero-order chi connectivity index (χ0) is 23.7. The molecule has 0 aliphatic rings. The summed E-state index contributed by atoms with van der Waals surface area (Å²) in [6.07, 6.45) is 0.708. The van der Waals surface area contributed by atoms with Gasteiger partial charge < -0.3 is 24.2 Å². The minimum Gasteiger partial charge on any atom is -0.496 e. The number of rotatable bonds is 12. The number of aliphatic carboxylic acids is 1. The summed E-state index contributed by atoms with van der Waals surface area (Å²) in [5.74, 6) is -1.75. The third-order valence-corrected chi connectivity index (χ3v) is 4.91. The van der Waals surface area contributed by atoms with Crippen LogP contribution in [0.5, 0.6) is 11.5 Å². The summed E-state index contributed by atoms with van der Waals surface area (Å²) >= 11 is 0. The van der Waals surface area contributed by atoms with Crippen LogP contribution in [0.1, 0.15) is 27.9 Å². The van der Waals surface area contributed by atoms with E-state index in [4.69, 9.17) is 19.3 Å². The second kappa shape index (κ2) is 12.0. The number of carboxylic acid groups (broad SMARTS) is 1. The molecule has 0 spiro atoms. The Bertz CT molecular complexity index is 925. The monoisotopic (exact) mass is 451 g/mol. The Morgan fingerprint density at radius 3 is 2.25 bits per heavy atom. The Balaban J connectivity index is 2.16. The summed E-state index contributed by atoms with van der Waals surface area (Å²) in [6, 6.07) is 6.59. The summed E-state index contributed by atoms with van der Waals surface area (Å²) in [5, 5.41) is 8.72. The molecule has 2 aromatic carbocycles. The molecule has 2 aromatic rings. The number of benzene rings is 2. The van der Waals surface area contributed by atoms with Crippen LogP contribution >= 0.6 is 0 Å². The minimum absolute atomic E-state index is 0.0169. The van der Waals surface area contributed by atoms with Gasteiger partial charge in [-0.25, -0.2) is 13.6 Å². The molecule has 1 N–H and O–H groups in total. The SMILES string of the molecule is COc1cc(C(=O)N(CCCc2ccc(F)cc2F)CCOCC(=O)O)cc(OC)c1C. The van der Waals surface area contributed by atoms with E-state index in [1.54, 1.807) is 19.1 Å². The highest BCUT2D eigenvalue weighted by molar-refractivity contribution is 5.95. The quantitative estimate of drug-likeness (QED) is 0.498. The number of methoxy groups -OCH3 is 2. The van der Waals surface area contributed by atoms with Gasteiger partial charge in [0.2, 0.25) is 0 Å². The van der Waals surface area contributed by atoms with E-state index < -0.39 is 24.2 Å². The predicted molar refractivity (Wildman–Crippen MR) is 113 cm³/mol. The number of carboxylic acids is 1. The highest BCUT2D eigenvalue weighted by Gasteiger charge is 2.20. The molecule has 0 fully saturated rings. The molecule has 0 bridgehead atoms. The molecular weight excluding hydrogens is 424 g/mol. The number of hydrogen-bond acceptors (Lipinski definition) is 5. The Labute approximate surface area is 185 Å². The minimum atomic E-state index is -1.11. The predicted octanol–water partition coefficient (Wildman–Crippen LogP) is 3.47. The van der Waals surface area contributed by atoms with Crippen molar-refractivity contribution in [3.8, 4) is 11.5 Å². The molecule has 0 radical (unpaired) electrons. The van der Waals surface area contributed by atoms with Gasteiger partial charge in [0, 0.05) is 30.3 Å². The van der Waals surface area contributed by atoms with E-state index in [0.717, 1.165) is 11.6 Å². The van der Waals surface area contributed by atoms with E-state index in [9.17, 15) is 18.4 Å². The van der Waals surface area contributed by atoms with Crippen LogP contribution in [0.4, 0.5) is 8.78 Å². The number of nitrogens with zero attached hydrogens (tertiary/aromatic N) is 1. The summed E-state index contributed by atoms with van der Waals surface area (Å²) in [5.41, 5.74) is 1.42. The molecule has 0 aliphatic heterocycles. The molecule has 0 heterocycles. The van der Waals surface area contributed by atoms with Crippen molar-refractivity contribution in [3.05, 3.63) is 58.7 Å². The van der Waals surface area contributed by atoms with Gasteiger partial charge >= 0.3 is 5.97 Å². The Kier molecular flexibility index (Phi) is 9.39. The topological polar surface area (TPSA) is 85.3 Å². The van der Waals surface area contributed by atoms with Gasteiger partial charge in [-0.3, -0.25) is 4.79 Å². The number of amides is 1. The Morgan fingerprint density at radius 1 is 1.03 bits per heavy atom. The third kappa shape index (κ3) is 6.91. The number of ether oxygens (including phenoxy) is 3. The lowest BCUT2D eigenvalue weighted by atomic mass is 10.1. The lowest BCUT2D eigenvalue weighted by Crippen LogP contribution is -2.35. The highest BCUT2D eigenvalue weighted by atomic mass is 19.1. The van der Waals surface area contributed by atoms with E-state index in [1.807, 2.05) is 0 Å². The van der Waals surface area contributed by atoms with Crippen LogP contribution < -0.4 is 9.47 Å². The maximum Gasteiger partial charge on any atom is 0.329 e. The standard InChI is InChI=1S/C23H27F2NO6/c1-15-20(30-2)11-17(12-21(15)31-3)23(29)26(9-10-32-14-22(27)28)8-4-5-16-6-7-18(24)13-19(16)25/h6-7,11-13H,4-5,8-10,14H2,1-3H3,(H,27,28). The van der Waals surface area contributed by atoms with Crippen molar-refractivity contribution in [1.29, 1.82) is 0 Å². The Morgan fingerprint density at radius 2 is 1.69 bits per heavy atom. The van der Waals surface area contributed by atoms with Gasteiger partial charge in [0.25, 0.3) is 5.91 Å². The molecule has 32 heavy (non-hydrogen) atoms. The largest absolute Gasteiger partial charge is 0.496 e. The molecule has 0 atom stereocenters. The third-order valence-electron chi connectivity index (χ3n) is 4.91. The van der Waals surface area contributed by atoms with Crippen LogP contribution in [0.15, 0.2) is 30.3 Å². The summed E-state index contributed by atoms with van der Waals surface area (Å²) in [6.45, 7) is 1.74. The van der Waals surface area contributed by atoms with E-state index in [2.05, 4.69) is 0 Å². The summed E-state index contributed by atoms with van der Waals surface area (Å²) < 4.78 is 42.7. The van der Waals surface area contributed by atoms with Gasteiger partial charge in [-0.05, 0) is 43.5 Å². The van der Waals surface area contributed by atoms with Crippen molar-refractivity contribution >= 4 is 11.9 Å². The number of hydrogen-bond donors (Lipinski definition) is 1. The second-order valence-corrected chi connectivity index (χ2v) is 7.08. The van der Waals surface area contributed by atoms with E-state index >= 15 is 0 Å². The second-order valence-electron chi connectivity index (χ2n) is 7.08. The van der Waals surface area contributed by atoms with Gasteiger partial charge in [-0.15, -0.1) is 0 Å². The molecule has 174 valence electrons. The lowest BCUT2D eigenvalue weighted by Gasteiger charge is -2.24. The normalized spacial score (nSPS) is 10.7. The maximum atomic E-state index is 13.9. The lowest BCUT2D eigenvalue weighted by molar-refractivity contribution is -0.142. The fourth-order valence-corrected chi connectivity index (χ4v) is 3.23. The number of aryl methyl sites for hydroxylation is 1. The van der Waals surface area contributed by atoms with Crippen molar-refractivity contribution in [2.24, 2.45) is 0 Å². The average Bonchev–Trinajstić information content (AvgIpc) is 2.76. The molecule has 9 heteroatoms. The first kappa shape index (κ1) is 25.1. The van der Waals surface area contributed by atoms with Crippen LogP contribution in [0.2, 0.25) is 0 Å². The number of carbonyl (C=O) groups is 2. The molecule has 7 nitrogen and oxygen atoms in total. The molecule has 1 amide bonds. The first-order valence-electron chi connectivity index (χ1n) is 10.0. The van der Waals surface area contributed by atoms with Crippen molar-refractivity contribution in [3.63, 3.8) is 0 Å². The van der Waals surface area contributed by atoms with Crippen LogP contribution in [0.3, 0.4) is 0 Å². The van der Waals surface area contributed by atoms with Crippen LogP contribution in [0, 0.1) is 18.6 Å².